The second kappa shape index (κ2) is 4.39. The van der Waals surface area contributed by atoms with Crippen molar-refractivity contribution in [3.8, 4) is 0 Å². The zero-order chi connectivity index (χ0) is 8.27. The number of hydrogen-bond acceptors (Lipinski definition) is 1. The van der Waals surface area contributed by atoms with Gasteiger partial charge in [0.15, 0.2) is 0 Å². The van der Waals surface area contributed by atoms with Crippen LogP contribution in [0.25, 0.3) is 0 Å². The third-order valence-electron chi connectivity index (χ3n) is 1.39. The second-order valence-electron chi connectivity index (χ2n) is 2.21. The maximum atomic E-state index is 5.92. The van der Waals surface area contributed by atoms with Gasteiger partial charge in [0, 0.05) is 9.50 Å². The van der Waals surface area contributed by atoms with Crippen molar-refractivity contribution >= 4 is 40.2 Å². The van der Waals surface area contributed by atoms with Gasteiger partial charge < -0.3 is 0 Å². The van der Waals surface area contributed by atoms with Crippen LogP contribution in [0.5, 0.6) is 0 Å². The van der Waals surface area contributed by atoms with E-state index in [1.807, 2.05) is 18.2 Å². The van der Waals surface area contributed by atoms with Crippen LogP contribution in [0.15, 0.2) is 22.7 Å². The van der Waals surface area contributed by atoms with Gasteiger partial charge in [0.2, 0.25) is 0 Å². The van der Waals surface area contributed by atoms with Crippen molar-refractivity contribution in [2.75, 3.05) is 5.75 Å². The summed E-state index contributed by atoms with van der Waals surface area (Å²) in [5.41, 5.74) is 1.15. The largest absolute Gasteiger partial charge is 0.179 e. The number of halogens is 2. The van der Waals surface area contributed by atoms with E-state index in [0.29, 0.717) is 0 Å². The maximum absolute atomic E-state index is 5.92. The highest BCUT2D eigenvalue weighted by molar-refractivity contribution is 9.10. The first-order valence-electron chi connectivity index (χ1n) is 3.29. The van der Waals surface area contributed by atoms with Gasteiger partial charge in [-0.05, 0) is 35.9 Å². The van der Waals surface area contributed by atoms with Crippen molar-refractivity contribution < 1.29 is 0 Å². The maximum Gasteiger partial charge on any atom is 0.0439 e. The molecule has 3 heteroatoms. The van der Waals surface area contributed by atoms with Gasteiger partial charge in [0.1, 0.15) is 0 Å². The summed E-state index contributed by atoms with van der Waals surface area (Å²) in [7, 11) is 0. The van der Waals surface area contributed by atoms with Crippen molar-refractivity contribution in [1.82, 2.24) is 0 Å². The Bertz CT molecular complexity index is 250. The molecule has 0 saturated carbocycles. The lowest BCUT2D eigenvalue weighted by Gasteiger charge is -2.01. The fourth-order valence-corrected chi connectivity index (χ4v) is 1.72. The van der Waals surface area contributed by atoms with Crippen LogP contribution >= 0.6 is 40.2 Å². The molecule has 0 aliphatic rings. The normalized spacial score (nSPS) is 10.1. The topological polar surface area (TPSA) is 0 Å². The second-order valence-corrected chi connectivity index (χ2v) is 3.98. The van der Waals surface area contributed by atoms with E-state index in [2.05, 4.69) is 28.6 Å². The first kappa shape index (κ1) is 9.43. The quantitative estimate of drug-likeness (QED) is 0.763. The minimum Gasteiger partial charge on any atom is -0.179 e. The molecular weight excluding hydrogens is 244 g/mol. The molecule has 0 spiro atoms. The molecule has 1 aromatic rings. The summed E-state index contributed by atoms with van der Waals surface area (Å²) in [5, 5.41) is 0.822. The Morgan fingerprint density at radius 2 is 2.18 bits per heavy atom. The summed E-state index contributed by atoms with van der Waals surface area (Å²) in [6.07, 6.45) is 0.918. The Labute approximate surface area is 85.5 Å². The fraction of sp³-hybridized carbons (Fsp3) is 0.250. The molecule has 11 heavy (non-hydrogen) atoms. The molecule has 0 amide bonds. The lowest BCUT2D eigenvalue weighted by atomic mass is 10.2. The first-order chi connectivity index (χ1) is 5.24. The molecule has 60 valence electrons. The number of thiol groups is 1. The van der Waals surface area contributed by atoms with E-state index in [1.54, 1.807) is 0 Å². The molecule has 0 aliphatic heterocycles. The average Bonchev–Trinajstić information content (AvgIpc) is 1.98. The van der Waals surface area contributed by atoms with Gasteiger partial charge in [-0.15, -0.1) is 0 Å². The molecule has 1 aromatic carbocycles. The van der Waals surface area contributed by atoms with Gasteiger partial charge in [-0.25, -0.2) is 0 Å². The minimum atomic E-state index is 0.822. The molecule has 0 N–H and O–H groups in total. The SMILES string of the molecule is SCCc1cc(Br)ccc1Cl. The summed E-state index contributed by atoms with van der Waals surface area (Å²) < 4.78 is 1.07. The van der Waals surface area contributed by atoms with Crippen LogP contribution in [-0.2, 0) is 6.42 Å². The summed E-state index contributed by atoms with van der Waals surface area (Å²) in [5.74, 6) is 0.830. The first-order valence-corrected chi connectivity index (χ1v) is 5.09. The molecule has 0 fully saturated rings. The molecule has 0 aliphatic carbocycles. The summed E-state index contributed by atoms with van der Waals surface area (Å²) in [6, 6.07) is 5.85. The standard InChI is InChI=1S/C8H8BrClS/c9-7-1-2-8(10)6(5-7)3-4-11/h1-2,5,11H,3-4H2. The molecular formula is C8H8BrClS. The third kappa shape index (κ3) is 2.69. The lowest BCUT2D eigenvalue weighted by molar-refractivity contribution is 1.16. The number of benzene rings is 1. The number of aryl methyl sites for hydroxylation is 1. The molecule has 0 heterocycles. The minimum absolute atomic E-state index is 0.822. The van der Waals surface area contributed by atoms with Crippen molar-refractivity contribution in [3.05, 3.63) is 33.3 Å². The van der Waals surface area contributed by atoms with Crippen molar-refractivity contribution in [3.63, 3.8) is 0 Å². The Kier molecular flexibility index (Phi) is 3.76. The van der Waals surface area contributed by atoms with E-state index < -0.39 is 0 Å². The van der Waals surface area contributed by atoms with E-state index in [-0.39, 0.29) is 0 Å². The van der Waals surface area contributed by atoms with E-state index in [9.17, 15) is 0 Å². The van der Waals surface area contributed by atoms with Crippen LogP contribution in [0.2, 0.25) is 5.02 Å². The monoisotopic (exact) mass is 250 g/mol. The van der Waals surface area contributed by atoms with Gasteiger partial charge in [0.05, 0.1) is 0 Å². The van der Waals surface area contributed by atoms with E-state index in [1.165, 1.54) is 0 Å². The highest BCUT2D eigenvalue weighted by Gasteiger charge is 1.98. The molecule has 0 aromatic heterocycles. The Morgan fingerprint density at radius 3 is 2.82 bits per heavy atom. The zero-order valence-electron chi connectivity index (χ0n) is 5.85. The predicted molar refractivity (Wildman–Crippen MR) is 56.7 cm³/mol. The highest BCUT2D eigenvalue weighted by Crippen LogP contribution is 2.21. The fourth-order valence-electron chi connectivity index (χ4n) is 0.855. The summed E-state index contributed by atoms with van der Waals surface area (Å²) >= 11 is 13.4. The van der Waals surface area contributed by atoms with Crippen LogP contribution in [0, 0.1) is 0 Å². The summed E-state index contributed by atoms with van der Waals surface area (Å²) in [4.78, 5) is 0. The van der Waals surface area contributed by atoms with Crippen LogP contribution in [0.3, 0.4) is 0 Å². The van der Waals surface area contributed by atoms with Gasteiger partial charge in [0.25, 0.3) is 0 Å². The van der Waals surface area contributed by atoms with Gasteiger partial charge in [-0.2, -0.15) is 12.6 Å². The molecule has 1 rings (SSSR count). The van der Waals surface area contributed by atoms with Crippen molar-refractivity contribution in [2.45, 2.75) is 6.42 Å². The van der Waals surface area contributed by atoms with Crippen LogP contribution < -0.4 is 0 Å². The van der Waals surface area contributed by atoms with Crippen LogP contribution in [0.1, 0.15) is 5.56 Å². The molecule has 0 bridgehead atoms. The van der Waals surface area contributed by atoms with Gasteiger partial charge in [-0.1, -0.05) is 27.5 Å². The smallest absolute Gasteiger partial charge is 0.0439 e. The highest BCUT2D eigenvalue weighted by atomic mass is 79.9. The van der Waals surface area contributed by atoms with Crippen LogP contribution in [0.4, 0.5) is 0 Å². The van der Waals surface area contributed by atoms with Gasteiger partial charge in [-0.3, -0.25) is 0 Å². The average molecular weight is 252 g/mol. The predicted octanol–water partition coefficient (Wildman–Crippen LogP) is 3.57. The Morgan fingerprint density at radius 1 is 1.45 bits per heavy atom. The summed E-state index contributed by atoms with van der Waals surface area (Å²) in [6.45, 7) is 0. The zero-order valence-corrected chi connectivity index (χ0v) is 9.09. The molecule has 0 unspecified atom stereocenters. The number of hydrogen-bond donors (Lipinski definition) is 1. The van der Waals surface area contributed by atoms with Crippen molar-refractivity contribution in [2.24, 2.45) is 0 Å². The van der Waals surface area contributed by atoms with E-state index in [0.717, 1.165) is 27.2 Å². The van der Waals surface area contributed by atoms with E-state index in [4.69, 9.17) is 11.6 Å². The van der Waals surface area contributed by atoms with Crippen LogP contribution in [-0.4, -0.2) is 5.75 Å². The molecule has 0 atom stereocenters. The lowest BCUT2D eigenvalue weighted by Crippen LogP contribution is -1.86. The van der Waals surface area contributed by atoms with Gasteiger partial charge >= 0.3 is 0 Å². The van der Waals surface area contributed by atoms with Crippen molar-refractivity contribution in [1.29, 1.82) is 0 Å². The van der Waals surface area contributed by atoms with E-state index >= 15 is 0 Å². The Hall–Kier alpha value is 0.340. The molecule has 0 saturated heterocycles. The Balaban J connectivity index is 2.93. The number of rotatable bonds is 2. The molecule has 0 radical (unpaired) electrons. The molecule has 0 nitrogen and oxygen atoms in total. The third-order valence-corrected chi connectivity index (χ3v) is 2.47.